The molecule has 1 N–H and O–H groups in total. The van der Waals surface area contributed by atoms with E-state index in [0.717, 1.165) is 51.1 Å². The van der Waals surface area contributed by atoms with Gasteiger partial charge in [0.05, 0.1) is 0 Å². The summed E-state index contributed by atoms with van der Waals surface area (Å²) in [6.07, 6.45) is 1.37. The van der Waals surface area contributed by atoms with Crippen LogP contribution in [-0.4, -0.2) is 55.1 Å². The second-order valence-electron chi connectivity index (χ2n) is 4.68. The first-order valence-corrected chi connectivity index (χ1v) is 5.59. The van der Waals surface area contributed by atoms with Crippen LogP contribution in [0.15, 0.2) is 0 Å². The molecule has 0 aromatic rings. The van der Waals surface area contributed by atoms with E-state index >= 15 is 0 Å². The molecule has 4 heteroatoms. The van der Waals surface area contributed by atoms with Crippen LogP contribution in [0, 0.1) is 11.8 Å². The molecule has 1 saturated carbocycles. The smallest absolute Gasteiger partial charge is 0.320 e. The van der Waals surface area contributed by atoms with Crippen LogP contribution in [0.3, 0.4) is 0 Å². The highest BCUT2D eigenvalue weighted by Crippen LogP contribution is 2.45. The summed E-state index contributed by atoms with van der Waals surface area (Å²) in [5, 5.41) is 3.27. The van der Waals surface area contributed by atoms with Gasteiger partial charge in [-0.05, 0) is 18.3 Å². The van der Waals surface area contributed by atoms with Crippen molar-refractivity contribution in [1.29, 1.82) is 0 Å². The van der Waals surface area contributed by atoms with Gasteiger partial charge in [-0.15, -0.1) is 0 Å². The third-order valence-electron chi connectivity index (χ3n) is 3.64. The molecule has 2 aliphatic heterocycles. The molecule has 3 fully saturated rings. The average Bonchev–Trinajstić information content (AvgIpc) is 2.86. The van der Waals surface area contributed by atoms with Crippen molar-refractivity contribution >= 4 is 6.03 Å². The van der Waals surface area contributed by atoms with Crippen LogP contribution in [-0.2, 0) is 0 Å². The van der Waals surface area contributed by atoms with Crippen LogP contribution in [0.25, 0.3) is 0 Å². The number of nitrogens with one attached hydrogen (secondary N) is 1. The standard InChI is InChI=1S/C10H17N3O/c14-10(12-3-1-11-2-4-12)13-6-8-5-9(8)7-13/h8-9,11H,1-7H2. The third-order valence-corrected chi connectivity index (χ3v) is 3.64. The fourth-order valence-corrected chi connectivity index (χ4v) is 2.61. The normalized spacial score (nSPS) is 35.7. The number of carbonyl (C=O) groups excluding carboxylic acids is 1. The Morgan fingerprint density at radius 2 is 1.71 bits per heavy atom. The predicted molar refractivity (Wildman–Crippen MR) is 53.0 cm³/mol. The summed E-state index contributed by atoms with van der Waals surface area (Å²) in [7, 11) is 0. The molecule has 3 aliphatic rings. The van der Waals surface area contributed by atoms with Gasteiger partial charge in [0.25, 0.3) is 0 Å². The van der Waals surface area contributed by atoms with Crippen molar-refractivity contribution in [2.24, 2.45) is 11.8 Å². The molecule has 4 nitrogen and oxygen atoms in total. The topological polar surface area (TPSA) is 35.6 Å². The van der Waals surface area contributed by atoms with Crippen molar-refractivity contribution in [2.75, 3.05) is 39.3 Å². The average molecular weight is 195 g/mol. The van der Waals surface area contributed by atoms with E-state index in [1.54, 1.807) is 0 Å². The number of urea groups is 1. The van der Waals surface area contributed by atoms with Crippen LogP contribution < -0.4 is 5.32 Å². The number of nitrogens with zero attached hydrogens (tertiary/aromatic N) is 2. The van der Waals surface area contributed by atoms with E-state index in [0.29, 0.717) is 0 Å². The maximum Gasteiger partial charge on any atom is 0.320 e. The molecule has 14 heavy (non-hydrogen) atoms. The summed E-state index contributed by atoms with van der Waals surface area (Å²) in [5.41, 5.74) is 0. The zero-order chi connectivity index (χ0) is 9.54. The lowest BCUT2D eigenvalue weighted by Gasteiger charge is -2.31. The van der Waals surface area contributed by atoms with Gasteiger partial charge in [-0.2, -0.15) is 0 Å². The molecule has 0 bridgehead atoms. The second-order valence-corrected chi connectivity index (χ2v) is 4.68. The lowest BCUT2D eigenvalue weighted by molar-refractivity contribution is 0.151. The summed E-state index contributed by atoms with van der Waals surface area (Å²) in [5.74, 6) is 1.70. The molecule has 0 aromatic heterocycles. The zero-order valence-corrected chi connectivity index (χ0v) is 8.41. The summed E-state index contributed by atoms with van der Waals surface area (Å²) in [6, 6.07) is 0.277. The minimum Gasteiger partial charge on any atom is -0.324 e. The molecule has 0 radical (unpaired) electrons. The fourth-order valence-electron chi connectivity index (χ4n) is 2.61. The Bertz CT molecular complexity index is 236. The van der Waals surface area contributed by atoms with Crippen LogP contribution in [0.4, 0.5) is 4.79 Å². The maximum atomic E-state index is 12.0. The Balaban J connectivity index is 1.58. The molecule has 2 heterocycles. The maximum absolute atomic E-state index is 12.0. The van der Waals surface area contributed by atoms with Crippen molar-refractivity contribution in [3.8, 4) is 0 Å². The molecule has 2 amide bonds. The van der Waals surface area contributed by atoms with E-state index in [2.05, 4.69) is 5.32 Å². The van der Waals surface area contributed by atoms with Gasteiger partial charge < -0.3 is 15.1 Å². The molecule has 3 rings (SSSR count). The van der Waals surface area contributed by atoms with Crippen LogP contribution in [0.2, 0.25) is 0 Å². The van der Waals surface area contributed by atoms with Crippen LogP contribution in [0.1, 0.15) is 6.42 Å². The van der Waals surface area contributed by atoms with Gasteiger partial charge in [-0.3, -0.25) is 0 Å². The highest BCUT2D eigenvalue weighted by molar-refractivity contribution is 5.75. The number of amides is 2. The van der Waals surface area contributed by atoms with Gasteiger partial charge in [-0.1, -0.05) is 0 Å². The van der Waals surface area contributed by atoms with Crippen LogP contribution in [0.5, 0.6) is 0 Å². The van der Waals surface area contributed by atoms with E-state index in [1.807, 2.05) is 9.80 Å². The number of piperidine rings is 1. The van der Waals surface area contributed by atoms with E-state index in [-0.39, 0.29) is 6.03 Å². The van der Waals surface area contributed by atoms with Gasteiger partial charge >= 0.3 is 6.03 Å². The third kappa shape index (κ3) is 1.38. The molecule has 1 aliphatic carbocycles. The van der Waals surface area contributed by atoms with Crippen molar-refractivity contribution in [1.82, 2.24) is 15.1 Å². The van der Waals surface area contributed by atoms with Gasteiger partial charge in [0, 0.05) is 39.3 Å². The first-order chi connectivity index (χ1) is 6.84. The van der Waals surface area contributed by atoms with Gasteiger partial charge in [-0.25, -0.2) is 4.79 Å². The Morgan fingerprint density at radius 1 is 1.07 bits per heavy atom. The number of carbonyl (C=O) groups is 1. The van der Waals surface area contributed by atoms with E-state index in [9.17, 15) is 4.79 Å². The van der Waals surface area contributed by atoms with E-state index in [1.165, 1.54) is 6.42 Å². The van der Waals surface area contributed by atoms with Crippen molar-refractivity contribution in [3.05, 3.63) is 0 Å². The monoisotopic (exact) mass is 195 g/mol. The Morgan fingerprint density at radius 3 is 2.36 bits per heavy atom. The van der Waals surface area contributed by atoms with Crippen molar-refractivity contribution < 1.29 is 4.79 Å². The van der Waals surface area contributed by atoms with Crippen molar-refractivity contribution in [3.63, 3.8) is 0 Å². The lowest BCUT2D eigenvalue weighted by atomic mass is 10.3. The number of fused-ring (bicyclic) bond motifs is 1. The minimum atomic E-state index is 0.277. The molecular weight excluding hydrogens is 178 g/mol. The summed E-state index contributed by atoms with van der Waals surface area (Å²) >= 11 is 0. The first kappa shape index (κ1) is 8.53. The Labute approximate surface area is 84.2 Å². The van der Waals surface area contributed by atoms with E-state index < -0.39 is 0 Å². The van der Waals surface area contributed by atoms with Gasteiger partial charge in [0.15, 0.2) is 0 Å². The van der Waals surface area contributed by atoms with E-state index in [4.69, 9.17) is 0 Å². The molecule has 78 valence electrons. The SMILES string of the molecule is O=C(N1CCNCC1)N1CC2CC2C1. The first-order valence-electron chi connectivity index (χ1n) is 5.59. The Hall–Kier alpha value is -0.770. The second kappa shape index (κ2) is 3.12. The molecular formula is C10H17N3O. The van der Waals surface area contributed by atoms with Crippen LogP contribution >= 0.6 is 0 Å². The van der Waals surface area contributed by atoms with Crippen molar-refractivity contribution in [2.45, 2.75) is 6.42 Å². The van der Waals surface area contributed by atoms with Gasteiger partial charge in [0.2, 0.25) is 0 Å². The molecule has 2 unspecified atom stereocenters. The molecule has 0 spiro atoms. The summed E-state index contributed by atoms with van der Waals surface area (Å²) < 4.78 is 0. The summed E-state index contributed by atoms with van der Waals surface area (Å²) in [4.78, 5) is 16.0. The Kier molecular flexibility index (Phi) is 1.90. The highest BCUT2D eigenvalue weighted by atomic mass is 16.2. The minimum absolute atomic E-state index is 0.277. The highest BCUT2D eigenvalue weighted by Gasteiger charge is 2.47. The number of likely N-dealkylation sites (tertiary alicyclic amines) is 1. The summed E-state index contributed by atoms with van der Waals surface area (Å²) in [6.45, 7) is 5.70. The molecule has 0 aromatic carbocycles. The molecule has 2 atom stereocenters. The number of hydrogen-bond acceptors (Lipinski definition) is 2. The largest absolute Gasteiger partial charge is 0.324 e. The number of hydrogen-bond donors (Lipinski definition) is 1. The number of piperazine rings is 1. The molecule has 2 saturated heterocycles. The quantitative estimate of drug-likeness (QED) is 0.589. The van der Waals surface area contributed by atoms with Gasteiger partial charge in [0.1, 0.15) is 0 Å². The predicted octanol–water partition coefficient (Wildman–Crippen LogP) is -0.0367. The number of rotatable bonds is 0. The lowest BCUT2D eigenvalue weighted by Crippen LogP contribution is -2.51. The zero-order valence-electron chi connectivity index (χ0n) is 8.41. The fraction of sp³-hybridized carbons (Fsp3) is 0.900.